The third kappa shape index (κ3) is 4.07. The van der Waals surface area contributed by atoms with Crippen LogP contribution in [-0.4, -0.2) is 31.7 Å². The van der Waals surface area contributed by atoms with Crippen LogP contribution in [-0.2, 0) is 11.8 Å². The van der Waals surface area contributed by atoms with Gasteiger partial charge in [-0.15, -0.1) is 0 Å². The maximum absolute atomic E-state index is 13.1. The van der Waals surface area contributed by atoms with Crippen molar-refractivity contribution in [3.8, 4) is 11.1 Å². The number of fused-ring (bicyclic) bond motifs is 1. The number of anilines is 1. The largest absolute Gasteiger partial charge is 0.387 e. The van der Waals surface area contributed by atoms with Gasteiger partial charge in [-0.3, -0.25) is 14.6 Å². The molecule has 3 heterocycles. The van der Waals surface area contributed by atoms with Crippen molar-refractivity contribution in [3.63, 3.8) is 0 Å². The van der Waals surface area contributed by atoms with Crippen LogP contribution in [0.5, 0.6) is 0 Å². The van der Waals surface area contributed by atoms with E-state index in [1.165, 1.54) is 10.8 Å². The minimum atomic E-state index is -1.78. The zero-order valence-corrected chi connectivity index (χ0v) is 17.6. The number of amides is 1. The van der Waals surface area contributed by atoms with Crippen LogP contribution >= 0.6 is 0 Å². The predicted molar refractivity (Wildman–Crippen MR) is 116 cm³/mol. The molecular weight excluding hydrogens is 399 g/mol. The molecule has 0 spiro atoms. The molecule has 1 saturated carbocycles. The highest BCUT2D eigenvalue weighted by molar-refractivity contribution is 5.95. The second kappa shape index (κ2) is 8.19. The van der Waals surface area contributed by atoms with Gasteiger partial charge in [-0.1, -0.05) is 13.3 Å². The highest BCUT2D eigenvalue weighted by atomic mass is 19.1. The lowest BCUT2D eigenvalue weighted by molar-refractivity contribution is -0.117. The lowest BCUT2D eigenvalue weighted by Gasteiger charge is -2.14. The van der Waals surface area contributed by atoms with E-state index in [-0.39, 0.29) is 29.9 Å². The van der Waals surface area contributed by atoms with Crippen molar-refractivity contribution >= 4 is 22.6 Å². The molecule has 0 aromatic carbocycles. The van der Waals surface area contributed by atoms with E-state index in [2.05, 4.69) is 15.3 Å². The lowest BCUT2D eigenvalue weighted by atomic mass is 10.0. The molecule has 3 aromatic rings. The number of hydrogen-bond donors (Lipinski definition) is 2. The third-order valence-electron chi connectivity index (χ3n) is 5.59. The average Bonchev–Trinajstić information content (AvgIpc) is 3.48. The Morgan fingerprint density at radius 2 is 2.10 bits per heavy atom. The number of aryl methyl sites for hydroxylation is 2. The van der Waals surface area contributed by atoms with Gasteiger partial charge in [0.2, 0.25) is 5.91 Å². The number of halogens is 1. The average molecular weight is 425 g/mol. The van der Waals surface area contributed by atoms with Gasteiger partial charge in [0.1, 0.15) is 12.0 Å². The summed E-state index contributed by atoms with van der Waals surface area (Å²) >= 11 is 0. The van der Waals surface area contributed by atoms with Crippen molar-refractivity contribution in [2.45, 2.75) is 45.4 Å². The van der Waals surface area contributed by atoms with Gasteiger partial charge in [0.15, 0.2) is 0 Å². The van der Waals surface area contributed by atoms with E-state index in [4.69, 9.17) is 1.37 Å². The number of nitrogens with zero attached hydrogens (tertiary/aromatic N) is 3. The smallest absolute Gasteiger partial charge is 0.258 e. The lowest BCUT2D eigenvalue weighted by Crippen LogP contribution is -2.20. The Balaban J connectivity index is 1.71. The van der Waals surface area contributed by atoms with Crippen LogP contribution in [0.15, 0.2) is 35.4 Å². The SMILES string of the molecule is [2H]C(O)(CCC)c1cc(C)c(-c2cc3cnc(NC(=O)[C@@H]4C[C@@H]4F)cc3n(C)c2=O)cn1. The normalized spacial score (nSPS) is 20.2. The van der Waals surface area contributed by atoms with Gasteiger partial charge in [0.05, 0.1) is 24.6 Å². The molecule has 2 N–H and O–H groups in total. The molecular formula is C23H25FN4O3. The first-order valence-electron chi connectivity index (χ1n) is 10.8. The summed E-state index contributed by atoms with van der Waals surface area (Å²) in [6.07, 6.45) is 1.30. The van der Waals surface area contributed by atoms with E-state index < -0.39 is 24.1 Å². The standard InChI is InChI=1S/C23H25FN4O3/c1-4-5-20(29)18-6-12(2)16(11-25-18)14-7-13-10-26-21(9-19(13)28(3)23(14)31)27-22(30)15-8-17(15)24/h6-7,9-11,15,17,20,29H,4-5,8H2,1-3H3,(H,26,27,30)/t15-,17+,20?/m1/s1/i20D. The number of aromatic nitrogens is 3. The highest BCUT2D eigenvalue weighted by Gasteiger charge is 2.43. The molecule has 1 aliphatic carbocycles. The molecule has 0 saturated heterocycles. The molecule has 3 atom stereocenters. The molecule has 1 unspecified atom stereocenters. The van der Waals surface area contributed by atoms with Crippen molar-refractivity contribution in [2.24, 2.45) is 13.0 Å². The van der Waals surface area contributed by atoms with Gasteiger partial charge in [-0.2, -0.15) is 0 Å². The Hall–Kier alpha value is -3.13. The van der Waals surface area contributed by atoms with Crippen LogP contribution in [0.3, 0.4) is 0 Å². The molecule has 0 radical (unpaired) electrons. The Kier molecular flexibility index (Phi) is 5.23. The van der Waals surface area contributed by atoms with E-state index in [0.717, 1.165) is 5.56 Å². The number of aliphatic hydroxyl groups is 1. The second-order valence-electron chi connectivity index (χ2n) is 7.98. The van der Waals surface area contributed by atoms with Crippen LogP contribution in [0, 0.1) is 12.8 Å². The van der Waals surface area contributed by atoms with Crippen LogP contribution in [0.4, 0.5) is 10.2 Å². The number of alkyl halides is 1. The van der Waals surface area contributed by atoms with Gasteiger partial charge in [0.25, 0.3) is 5.56 Å². The zero-order chi connectivity index (χ0) is 23.2. The molecule has 1 fully saturated rings. The Bertz CT molecular complexity index is 1270. The summed E-state index contributed by atoms with van der Waals surface area (Å²) in [5, 5.41) is 13.6. The van der Waals surface area contributed by atoms with Crippen LogP contribution < -0.4 is 10.9 Å². The van der Waals surface area contributed by atoms with Gasteiger partial charge in [-0.25, -0.2) is 9.37 Å². The molecule has 31 heavy (non-hydrogen) atoms. The van der Waals surface area contributed by atoms with Crippen molar-refractivity contribution in [1.29, 1.82) is 0 Å². The summed E-state index contributed by atoms with van der Waals surface area (Å²) in [5.74, 6) is -0.779. The summed E-state index contributed by atoms with van der Waals surface area (Å²) in [4.78, 5) is 33.6. The Morgan fingerprint density at radius 1 is 1.35 bits per heavy atom. The van der Waals surface area contributed by atoms with Crippen LogP contribution in [0.1, 0.15) is 44.9 Å². The molecule has 0 aliphatic heterocycles. The molecule has 7 nitrogen and oxygen atoms in total. The number of carbonyl (C=O) groups excluding carboxylic acids is 1. The fraction of sp³-hybridized carbons (Fsp3) is 0.391. The maximum atomic E-state index is 13.1. The topological polar surface area (TPSA) is 97.1 Å². The van der Waals surface area contributed by atoms with Crippen molar-refractivity contribution in [2.75, 3.05) is 5.32 Å². The first kappa shape index (κ1) is 19.8. The fourth-order valence-corrected chi connectivity index (χ4v) is 3.64. The van der Waals surface area contributed by atoms with E-state index in [1.54, 1.807) is 38.4 Å². The van der Waals surface area contributed by atoms with E-state index in [9.17, 15) is 19.1 Å². The van der Waals surface area contributed by atoms with Crippen LogP contribution in [0.25, 0.3) is 22.0 Å². The second-order valence-corrected chi connectivity index (χ2v) is 7.98. The number of hydrogen-bond acceptors (Lipinski definition) is 5. The van der Waals surface area contributed by atoms with Crippen molar-refractivity contribution < 1.29 is 15.7 Å². The van der Waals surface area contributed by atoms with E-state index in [1.807, 2.05) is 6.92 Å². The number of nitrogens with one attached hydrogen (secondary N) is 1. The molecule has 1 amide bonds. The highest BCUT2D eigenvalue weighted by Crippen LogP contribution is 2.34. The zero-order valence-electron chi connectivity index (χ0n) is 18.6. The number of carbonyl (C=O) groups is 1. The van der Waals surface area contributed by atoms with Gasteiger partial charge in [0, 0.05) is 42.0 Å². The van der Waals surface area contributed by atoms with Crippen molar-refractivity contribution in [1.82, 2.24) is 14.5 Å². The van der Waals surface area contributed by atoms with Crippen LogP contribution in [0.2, 0.25) is 0 Å². The molecule has 4 rings (SSSR count). The number of rotatable bonds is 6. The minimum Gasteiger partial charge on any atom is -0.387 e. The Labute approximate surface area is 180 Å². The van der Waals surface area contributed by atoms with E-state index in [0.29, 0.717) is 28.5 Å². The van der Waals surface area contributed by atoms with Gasteiger partial charge >= 0.3 is 0 Å². The Morgan fingerprint density at radius 3 is 2.74 bits per heavy atom. The molecule has 0 bridgehead atoms. The quantitative estimate of drug-likeness (QED) is 0.631. The first-order chi connectivity index (χ1) is 15.1. The van der Waals surface area contributed by atoms with Crippen molar-refractivity contribution in [3.05, 3.63) is 52.2 Å². The number of pyridine rings is 3. The predicted octanol–water partition coefficient (Wildman–Crippen LogP) is 3.43. The minimum absolute atomic E-state index is 0.226. The molecule has 3 aromatic heterocycles. The summed E-state index contributed by atoms with van der Waals surface area (Å²) in [6.45, 7) is 3.69. The molecule has 1 aliphatic rings. The summed E-state index contributed by atoms with van der Waals surface area (Å²) in [7, 11) is 1.62. The fourth-order valence-electron chi connectivity index (χ4n) is 3.64. The van der Waals surface area contributed by atoms with Gasteiger partial charge < -0.3 is 15.0 Å². The summed E-state index contributed by atoms with van der Waals surface area (Å²) < 4.78 is 22.7. The summed E-state index contributed by atoms with van der Waals surface area (Å²) in [6, 6.07) is 4.93. The molecule has 162 valence electrons. The first-order valence-corrected chi connectivity index (χ1v) is 10.3. The maximum Gasteiger partial charge on any atom is 0.258 e. The third-order valence-corrected chi connectivity index (χ3v) is 5.59. The van der Waals surface area contributed by atoms with Gasteiger partial charge in [-0.05, 0) is 37.5 Å². The molecule has 8 heteroatoms. The monoisotopic (exact) mass is 425 g/mol. The van der Waals surface area contributed by atoms with E-state index >= 15 is 0 Å². The summed E-state index contributed by atoms with van der Waals surface area (Å²) in [5.41, 5.74) is 2.28.